The third kappa shape index (κ3) is 2.62. The molecule has 0 aromatic rings. The molecule has 0 aromatic heterocycles. The number of hydrogen-bond acceptors (Lipinski definition) is 3. The molecule has 25 heavy (non-hydrogen) atoms. The van der Waals surface area contributed by atoms with Gasteiger partial charge in [-0.25, -0.2) is 0 Å². The number of Topliss-reactive ketones (excluding diaryl/α,β-unsaturated/α-hetero) is 1. The minimum Gasteiger partial charge on any atom is -0.294 e. The molecule has 0 aromatic carbocycles. The van der Waals surface area contributed by atoms with E-state index in [2.05, 4.69) is 26.4 Å². The van der Waals surface area contributed by atoms with Crippen molar-refractivity contribution in [3.8, 4) is 0 Å². The molecule has 140 valence electrons. The standard InChI is InChI=1S/C22H34OS2/c1-21-11-6-5-7-14(21)8-9-15-17(21)10-12-22(2)18(15)13-16(19(22)23)20(24-3)25-4/h14-15,17-18H,5-13H2,1-4H3/t14-,15+,17-,18+,21+,22+/m1/s1. The summed E-state index contributed by atoms with van der Waals surface area (Å²) in [6, 6.07) is 0. The van der Waals surface area contributed by atoms with Gasteiger partial charge in [0.05, 0.1) is 0 Å². The normalized spacial score (nSPS) is 46.4. The summed E-state index contributed by atoms with van der Waals surface area (Å²) >= 11 is 3.57. The molecule has 4 aliphatic rings. The average Bonchev–Trinajstić information content (AvgIpc) is 2.88. The number of thioether (sulfide) groups is 2. The minimum atomic E-state index is -0.0644. The lowest BCUT2D eigenvalue weighted by molar-refractivity contribution is -0.137. The van der Waals surface area contributed by atoms with Gasteiger partial charge in [-0.05, 0) is 86.5 Å². The first-order chi connectivity index (χ1) is 12.0. The van der Waals surface area contributed by atoms with E-state index in [1.54, 1.807) is 23.5 Å². The molecule has 0 amide bonds. The molecule has 0 unspecified atom stereocenters. The molecule has 4 saturated carbocycles. The number of ketones is 1. The van der Waals surface area contributed by atoms with Crippen LogP contribution in [0.3, 0.4) is 0 Å². The lowest BCUT2D eigenvalue weighted by Gasteiger charge is -2.59. The third-order valence-electron chi connectivity index (χ3n) is 8.81. The second-order valence-corrected chi connectivity index (χ2v) is 11.5. The van der Waals surface area contributed by atoms with Gasteiger partial charge in [-0.1, -0.05) is 26.7 Å². The minimum absolute atomic E-state index is 0.0644. The van der Waals surface area contributed by atoms with Crippen molar-refractivity contribution >= 4 is 29.3 Å². The summed E-state index contributed by atoms with van der Waals surface area (Å²) in [5.41, 5.74) is 1.69. The van der Waals surface area contributed by atoms with Crippen LogP contribution in [0.2, 0.25) is 0 Å². The molecule has 0 N–H and O–H groups in total. The zero-order valence-corrected chi connectivity index (χ0v) is 18.0. The van der Waals surface area contributed by atoms with Crippen LogP contribution in [0.15, 0.2) is 9.81 Å². The maximum Gasteiger partial charge on any atom is 0.166 e. The average molecular weight is 379 g/mol. The van der Waals surface area contributed by atoms with Crippen molar-refractivity contribution in [1.82, 2.24) is 0 Å². The van der Waals surface area contributed by atoms with Crippen molar-refractivity contribution in [3.05, 3.63) is 9.81 Å². The molecule has 4 fully saturated rings. The SMILES string of the molecule is CSC(SC)=C1C[C@H]2[C@H]3CC[C@H]4CCCC[C@]4(C)[C@@H]3CC[C@]2(C)C1=O. The van der Waals surface area contributed by atoms with Crippen molar-refractivity contribution in [2.24, 2.45) is 34.5 Å². The van der Waals surface area contributed by atoms with E-state index in [4.69, 9.17) is 0 Å². The summed E-state index contributed by atoms with van der Waals surface area (Å²) < 4.78 is 1.29. The summed E-state index contributed by atoms with van der Waals surface area (Å²) in [5, 5.41) is 0. The Labute approximate surface area is 162 Å². The van der Waals surface area contributed by atoms with Gasteiger partial charge in [-0.2, -0.15) is 0 Å². The van der Waals surface area contributed by atoms with E-state index in [1.165, 1.54) is 54.8 Å². The summed E-state index contributed by atoms with van der Waals surface area (Å²) in [6.07, 6.45) is 16.4. The summed E-state index contributed by atoms with van der Waals surface area (Å²) in [6.45, 7) is 4.94. The molecule has 3 heteroatoms. The van der Waals surface area contributed by atoms with Crippen LogP contribution in [-0.2, 0) is 4.79 Å². The van der Waals surface area contributed by atoms with Crippen molar-refractivity contribution in [2.45, 2.75) is 71.6 Å². The first kappa shape index (κ1) is 18.5. The van der Waals surface area contributed by atoms with E-state index in [9.17, 15) is 4.79 Å². The Kier molecular flexibility index (Phi) is 4.89. The van der Waals surface area contributed by atoms with Crippen molar-refractivity contribution in [3.63, 3.8) is 0 Å². The zero-order chi connectivity index (χ0) is 17.8. The van der Waals surface area contributed by atoms with E-state index in [1.807, 2.05) is 0 Å². The highest BCUT2D eigenvalue weighted by Gasteiger charge is 2.61. The molecule has 0 saturated heterocycles. The summed E-state index contributed by atoms with van der Waals surface area (Å²) in [7, 11) is 0. The van der Waals surface area contributed by atoms with Gasteiger partial charge in [0, 0.05) is 15.2 Å². The van der Waals surface area contributed by atoms with Gasteiger partial charge in [0.25, 0.3) is 0 Å². The molecular formula is C22H34OS2. The van der Waals surface area contributed by atoms with Gasteiger partial charge in [-0.15, -0.1) is 23.5 Å². The Morgan fingerprint density at radius 1 is 0.960 bits per heavy atom. The molecule has 4 aliphatic carbocycles. The Hall–Kier alpha value is 0.110. The molecule has 0 bridgehead atoms. The van der Waals surface area contributed by atoms with Gasteiger partial charge in [0.2, 0.25) is 0 Å². The molecule has 0 aliphatic heterocycles. The van der Waals surface area contributed by atoms with E-state index < -0.39 is 0 Å². The molecule has 0 radical (unpaired) electrons. The van der Waals surface area contributed by atoms with Gasteiger partial charge < -0.3 is 0 Å². The fourth-order valence-electron chi connectivity index (χ4n) is 7.44. The first-order valence-electron chi connectivity index (χ1n) is 10.3. The monoisotopic (exact) mass is 378 g/mol. The second-order valence-electron chi connectivity index (χ2n) is 9.57. The number of carbonyl (C=O) groups is 1. The van der Waals surface area contributed by atoms with E-state index in [0.717, 1.165) is 30.6 Å². The van der Waals surface area contributed by atoms with E-state index in [0.29, 0.717) is 17.1 Å². The third-order valence-corrected chi connectivity index (χ3v) is 11.0. The number of allylic oxidation sites excluding steroid dienone is 1. The smallest absolute Gasteiger partial charge is 0.166 e. The largest absolute Gasteiger partial charge is 0.294 e. The lowest BCUT2D eigenvalue weighted by atomic mass is 9.45. The molecule has 6 atom stereocenters. The second kappa shape index (κ2) is 6.62. The van der Waals surface area contributed by atoms with Crippen LogP contribution in [0, 0.1) is 34.5 Å². The van der Waals surface area contributed by atoms with Crippen LogP contribution in [0.4, 0.5) is 0 Å². The molecule has 0 spiro atoms. The van der Waals surface area contributed by atoms with Crippen LogP contribution >= 0.6 is 23.5 Å². The van der Waals surface area contributed by atoms with Crippen molar-refractivity contribution < 1.29 is 4.79 Å². The van der Waals surface area contributed by atoms with Crippen LogP contribution in [-0.4, -0.2) is 18.3 Å². The Balaban J connectivity index is 1.68. The molecular weight excluding hydrogens is 344 g/mol. The van der Waals surface area contributed by atoms with Crippen molar-refractivity contribution in [1.29, 1.82) is 0 Å². The molecule has 0 heterocycles. The quantitative estimate of drug-likeness (QED) is 0.508. The van der Waals surface area contributed by atoms with Gasteiger partial charge in [0.15, 0.2) is 5.78 Å². The highest BCUT2D eigenvalue weighted by atomic mass is 32.2. The fourth-order valence-corrected chi connectivity index (χ4v) is 8.95. The van der Waals surface area contributed by atoms with E-state index in [-0.39, 0.29) is 5.41 Å². The van der Waals surface area contributed by atoms with Gasteiger partial charge in [-0.3, -0.25) is 4.79 Å². The maximum absolute atomic E-state index is 13.4. The van der Waals surface area contributed by atoms with Crippen LogP contribution in [0.5, 0.6) is 0 Å². The van der Waals surface area contributed by atoms with Crippen molar-refractivity contribution in [2.75, 3.05) is 12.5 Å². The zero-order valence-electron chi connectivity index (χ0n) is 16.4. The van der Waals surface area contributed by atoms with Crippen LogP contribution < -0.4 is 0 Å². The Bertz CT molecular complexity index is 591. The number of rotatable bonds is 2. The maximum atomic E-state index is 13.4. The fraction of sp³-hybridized carbons (Fsp3) is 0.864. The van der Waals surface area contributed by atoms with Crippen LogP contribution in [0.25, 0.3) is 0 Å². The van der Waals surface area contributed by atoms with Crippen LogP contribution in [0.1, 0.15) is 71.6 Å². The number of hydrogen-bond donors (Lipinski definition) is 0. The lowest BCUT2D eigenvalue weighted by Crippen LogP contribution is -2.52. The molecule has 4 rings (SSSR count). The number of fused-ring (bicyclic) bond motifs is 5. The first-order valence-corrected chi connectivity index (χ1v) is 12.8. The highest BCUT2D eigenvalue weighted by molar-refractivity contribution is 8.21. The van der Waals surface area contributed by atoms with Gasteiger partial charge in [0.1, 0.15) is 0 Å². The molecule has 1 nitrogen and oxygen atoms in total. The Morgan fingerprint density at radius 3 is 2.44 bits per heavy atom. The van der Waals surface area contributed by atoms with E-state index >= 15 is 0 Å². The summed E-state index contributed by atoms with van der Waals surface area (Å²) in [5.74, 6) is 3.76. The summed E-state index contributed by atoms with van der Waals surface area (Å²) in [4.78, 5) is 13.4. The Morgan fingerprint density at radius 2 is 1.72 bits per heavy atom. The predicted octanol–water partition coefficient (Wildman–Crippen LogP) is 6.54. The highest BCUT2D eigenvalue weighted by Crippen LogP contribution is 2.66. The number of carbonyl (C=O) groups excluding carboxylic acids is 1. The van der Waals surface area contributed by atoms with Gasteiger partial charge >= 0.3 is 0 Å². The topological polar surface area (TPSA) is 17.1 Å². The predicted molar refractivity (Wildman–Crippen MR) is 111 cm³/mol.